The molecule has 7 heteroatoms. The minimum Gasteiger partial charge on any atom is -0.314 e. The fraction of sp³-hybridized carbons (Fsp3) is 0.571. The van der Waals surface area contributed by atoms with Gasteiger partial charge in [0.1, 0.15) is 5.82 Å². The van der Waals surface area contributed by atoms with Crippen molar-refractivity contribution in [1.29, 1.82) is 0 Å². The van der Waals surface area contributed by atoms with Gasteiger partial charge in [-0.25, -0.2) is 17.5 Å². The molecule has 0 aromatic heterocycles. The Morgan fingerprint density at radius 2 is 1.81 bits per heavy atom. The maximum atomic E-state index is 13.6. The van der Waals surface area contributed by atoms with Crippen LogP contribution in [0.5, 0.6) is 0 Å². The van der Waals surface area contributed by atoms with E-state index in [9.17, 15) is 12.8 Å². The second kappa shape index (κ2) is 6.83. The van der Waals surface area contributed by atoms with Crippen molar-refractivity contribution in [3.05, 3.63) is 29.1 Å². The number of piperazine rings is 1. The lowest BCUT2D eigenvalue weighted by Crippen LogP contribution is -2.46. The summed E-state index contributed by atoms with van der Waals surface area (Å²) in [5, 5.41) is 3.25. The lowest BCUT2D eigenvalue weighted by atomic mass is 10.1. The van der Waals surface area contributed by atoms with E-state index in [1.165, 1.54) is 12.1 Å². The summed E-state index contributed by atoms with van der Waals surface area (Å²) in [5.41, 5.74) is 0.690. The van der Waals surface area contributed by atoms with Crippen LogP contribution >= 0.6 is 0 Å². The molecular formula is C14H22FN3O2S. The average Bonchev–Trinajstić information content (AvgIpc) is 2.45. The molecular weight excluding hydrogens is 293 g/mol. The third-order valence-corrected chi connectivity index (χ3v) is 5.09. The number of aryl methyl sites for hydroxylation is 2. The van der Waals surface area contributed by atoms with Crippen LogP contribution in [0.2, 0.25) is 0 Å². The monoisotopic (exact) mass is 315 g/mol. The lowest BCUT2D eigenvalue weighted by molar-refractivity contribution is 0.245. The third kappa shape index (κ3) is 4.23. The first-order valence-electron chi connectivity index (χ1n) is 7.09. The molecule has 1 aliphatic rings. The maximum Gasteiger partial charge on any atom is 0.240 e. The molecule has 0 atom stereocenters. The van der Waals surface area contributed by atoms with E-state index in [0.29, 0.717) is 24.2 Å². The van der Waals surface area contributed by atoms with Crippen LogP contribution in [0.25, 0.3) is 0 Å². The zero-order chi connectivity index (χ0) is 15.5. The Morgan fingerprint density at radius 1 is 1.24 bits per heavy atom. The van der Waals surface area contributed by atoms with Gasteiger partial charge in [-0.05, 0) is 37.1 Å². The van der Waals surface area contributed by atoms with Crippen LogP contribution in [-0.4, -0.2) is 52.6 Å². The fourth-order valence-electron chi connectivity index (χ4n) is 2.42. The molecule has 5 nitrogen and oxygen atoms in total. The number of hydrogen-bond acceptors (Lipinski definition) is 4. The summed E-state index contributed by atoms with van der Waals surface area (Å²) in [6.07, 6.45) is 0. The Kier molecular flexibility index (Phi) is 5.32. The van der Waals surface area contributed by atoms with Crippen LogP contribution < -0.4 is 10.0 Å². The number of hydrogen-bond donors (Lipinski definition) is 2. The summed E-state index contributed by atoms with van der Waals surface area (Å²) in [6.45, 7) is 7.90. The SMILES string of the molecule is Cc1cc(S(=O)(=O)NCCN2CCNCC2)cc(C)c1F. The van der Waals surface area contributed by atoms with E-state index in [0.717, 1.165) is 26.2 Å². The van der Waals surface area contributed by atoms with Crippen molar-refractivity contribution in [2.45, 2.75) is 18.7 Å². The van der Waals surface area contributed by atoms with Crippen LogP contribution in [0, 0.1) is 19.7 Å². The van der Waals surface area contributed by atoms with Gasteiger partial charge < -0.3 is 5.32 Å². The first kappa shape index (κ1) is 16.4. The summed E-state index contributed by atoms with van der Waals surface area (Å²) >= 11 is 0. The van der Waals surface area contributed by atoms with Gasteiger partial charge in [-0.15, -0.1) is 0 Å². The summed E-state index contributed by atoms with van der Waals surface area (Å²) in [6, 6.07) is 2.74. The maximum absolute atomic E-state index is 13.6. The van der Waals surface area contributed by atoms with E-state index in [1.54, 1.807) is 13.8 Å². The third-order valence-electron chi connectivity index (χ3n) is 3.65. The highest BCUT2D eigenvalue weighted by molar-refractivity contribution is 7.89. The zero-order valence-electron chi connectivity index (χ0n) is 12.4. The topological polar surface area (TPSA) is 61.4 Å². The molecule has 1 fully saturated rings. The minimum absolute atomic E-state index is 0.124. The molecule has 1 aromatic rings. The van der Waals surface area contributed by atoms with E-state index in [1.807, 2.05) is 0 Å². The standard InChI is InChI=1S/C14H22FN3O2S/c1-11-9-13(10-12(2)14(11)15)21(19,20)17-5-8-18-6-3-16-4-7-18/h9-10,16-17H,3-8H2,1-2H3. The summed E-state index contributed by atoms with van der Waals surface area (Å²) < 4.78 is 40.6. The predicted molar refractivity (Wildman–Crippen MR) is 80.4 cm³/mol. The van der Waals surface area contributed by atoms with E-state index >= 15 is 0 Å². The Hall–Kier alpha value is -1.02. The van der Waals surface area contributed by atoms with Crippen molar-refractivity contribution in [2.75, 3.05) is 39.3 Å². The van der Waals surface area contributed by atoms with Gasteiger partial charge in [0, 0.05) is 39.3 Å². The van der Waals surface area contributed by atoms with Crippen molar-refractivity contribution in [3.63, 3.8) is 0 Å². The van der Waals surface area contributed by atoms with Crippen molar-refractivity contribution in [1.82, 2.24) is 14.9 Å². The fourth-order valence-corrected chi connectivity index (χ4v) is 3.61. The first-order chi connectivity index (χ1) is 9.90. The van der Waals surface area contributed by atoms with Gasteiger partial charge in [0.15, 0.2) is 0 Å². The molecule has 1 heterocycles. The quantitative estimate of drug-likeness (QED) is 0.836. The lowest BCUT2D eigenvalue weighted by Gasteiger charge is -2.27. The van der Waals surface area contributed by atoms with E-state index in [4.69, 9.17) is 0 Å². The highest BCUT2D eigenvalue weighted by atomic mass is 32.2. The van der Waals surface area contributed by atoms with Crippen LogP contribution in [-0.2, 0) is 10.0 Å². The van der Waals surface area contributed by atoms with Gasteiger partial charge in [0.05, 0.1) is 4.90 Å². The molecule has 118 valence electrons. The Bertz CT molecular complexity index is 575. The smallest absolute Gasteiger partial charge is 0.240 e. The number of rotatable bonds is 5. The van der Waals surface area contributed by atoms with E-state index in [2.05, 4.69) is 14.9 Å². The molecule has 0 amide bonds. The van der Waals surface area contributed by atoms with Crippen LogP contribution in [0.1, 0.15) is 11.1 Å². The molecule has 1 aliphatic heterocycles. The Labute approximate surface area is 125 Å². The van der Waals surface area contributed by atoms with Crippen molar-refractivity contribution < 1.29 is 12.8 Å². The summed E-state index contributed by atoms with van der Waals surface area (Å²) in [7, 11) is -3.58. The molecule has 1 saturated heterocycles. The van der Waals surface area contributed by atoms with Gasteiger partial charge in [-0.1, -0.05) is 0 Å². The highest BCUT2D eigenvalue weighted by Gasteiger charge is 2.17. The molecule has 0 radical (unpaired) electrons. The molecule has 0 saturated carbocycles. The Morgan fingerprint density at radius 3 is 2.38 bits per heavy atom. The van der Waals surface area contributed by atoms with Crippen LogP contribution in [0.3, 0.4) is 0 Å². The number of halogens is 1. The van der Waals surface area contributed by atoms with Gasteiger partial charge in [0.25, 0.3) is 0 Å². The molecule has 0 unspecified atom stereocenters. The van der Waals surface area contributed by atoms with Crippen LogP contribution in [0.15, 0.2) is 17.0 Å². The number of benzene rings is 1. The van der Waals surface area contributed by atoms with Gasteiger partial charge in [0.2, 0.25) is 10.0 Å². The molecule has 2 rings (SSSR count). The molecule has 2 N–H and O–H groups in total. The summed E-state index contributed by atoms with van der Waals surface area (Å²) in [5.74, 6) is -0.352. The predicted octanol–water partition coefficient (Wildman–Crippen LogP) is 0.626. The van der Waals surface area contributed by atoms with Gasteiger partial charge in [-0.3, -0.25) is 4.90 Å². The second-order valence-electron chi connectivity index (χ2n) is 5.36. The van der Waals surface area contributed by atoms with Crippen LogP contribution in [0.4, 0.5) is 4.39 Å². The number of nitrogens with zero attached hydrogens (tertiary/aromatic N) is 1. The first-order valence-corrected chi connectivity index (χ1v) is 8.58. The van der Waals surface area contributed by atoms with Crippen molar-refractivity contribution >= 4 is 10.0 Å². The summed E-state index contributed by atoms with van der Waals surface area (Å²) in [4.78, 5) is 2.33. The molecule has 21 heavy (non-hydrogen) atoms. The van der Waals surface area contributed by atoms with Gasteiger partial charge >= 0.3 is 0 Å². The molecule has 0 spiro atoms. The van der Waals surface area contributed by atoms with Gasteiger partial charge in [-0.2, -0.15) is 0 Å². The van der Waals surface area contributed by atoms with Crippen molar-refractivity contribution in [2.24, 2.45) is 0 Å². The largest absolute Gasteiger partial charge is 0.314 e. The molecule has 0 aliphatic carbocycles. The number of sulfonamides is 1. The molecule has 0 bridgehead atoms. The number of nitrogens with one attached hydrogen (secondary N) is 2. The van der Waals surface area contributed by atoms with Crippen molar-refractivity contribution in [3.8, 4) is 0 Å². The molecule has 1 aromatic carbocycles. The average molecular weight is 315 g/mol. The second-order valence-corrected chi connectivity index (χ2v) is 7.13. The Balaban J connectivity index is 1.98. The minimum atomic E-state index is -3.58. The highest BCUT2D eigenvalue weighted by Crippen LogP contribution is 2.18. The zero-order valence-corrected chi connectivity index (χ0v) is 13.3. The van der Waals surface area contributed by atoms with E-state index < -0.39 is 10.0 Å². The normalized spacial score (nSPS) is 17.1. The van der Waals surface area contributed by atoms with E-state index in [-0.39, 0.29) is 10.7 Å².